The van der Waals surface area contributed by atoms with E-state index in [2.05, 4.69) is 0 Å². The van der Waals surface area contributed by atoms with E-state index in [4.69, 9.17) is 10.3 Å². The van der Waals surface area contributed by atoms with Crippen LogP contribution < -0.4 is 5.73 Å². The molecule has 2 aromatic rings. The molecule has 0 fully saturated rings. The number of nitrogens with zero attached hydrogens (tertiary/aromatic N) is 6. The number of nitro benzene ring substituents is 6. The molecule has 0 radical (unpaired) electrons. The standard InChI is InChI=1S/C6H4N4O6.C6H3N3O9S/c7-3-1-2-4(8(11)12)6(10(15)16)5(3)9(13)14;10-7(11)3-1-2-4(19(16,17)18)6(9(14)15)5(3)8(12)13/h1-2H,7H2;1-2H,(H,16,17,18). The molecule has 0 atom stereocenters. The van der Waals surface area contributed by atoms with Crippen LogP contribution in [0.25, 0.3) is 0 Å². The molecular weight excluding hydrogens is 514 g/mol. The maximum absolute atomic E-state index is 10.9. The summed E-state index contributed by atoms with van der Waals surface area (Å²) < 4.78 is 30.5. The lowest BCUT2D eigenvalue weighted by Gasteiger charge is -2.01. The van der Waals surface area contributed by atoms with Gasteiger partial charge in [0.1, 0.15) is 5.69 Å². The largest absolute Gasteiger partial charge is 0.424 e. The highest BCUT2D eigenvalue weighted by atomic mass is 32.2. The van der Waals surface area contributed by atoms with Crippen LogP contribution in [-0.4, -0.2) is 42.5 Å². The van der Waals surface area contributed by atoms with Crippen LogP contribution in [0.5, 0.6) is 0 Å². The molecule has 3 N–H and O–H groups in total. The van der Waals surface area contributed by atoms with Crippen LogP contribution in [-0.2, 0) is 10.1 Å². The molecule has 0 saturated carbocycles. The van der Waals surface area contributed by atoms with Crippen molar-refractivity contribution in [3.63, 3.8) is 0 Å². The molecule has 0 unspecified atom stereocenters. The van der Waals surface area contributed by atoms with E-state index in [-0.39, 0.29) is 0 Å². The monoisotopic (exact) mass is 521 g/mol. The van der Waals surface area contributed by atoms with Crippen molar-refractivity contribution in [2.75, 3.05) is 5.73 Å². The van der Waals surface area contributed by atoms with Gasteiger partial charge >= 0.3 is 44.2 Å². The average molecular weight is 521 g/mol. The summed E-state index contributed by atoms with van der Waals surface area (Å²) >= 11 is 0. The van der Waals surface area contributed by atoms with E-state index in [1.807, 2.05) is 0 Å². The lowest BCUT2D eigenvalue weighted by atomic mass is 10.2. The van der Waals surface area contributed by atoms with Gasteiger partial charge in [0.15, 0.2) is 4.90 Å². The van der Waals surface area contributed by atoms with Crippen LogP contribution in [0.4, 0.5) is 39.8 Å². The van der Waals surface area contributed by atoms with Gasteiger partial charge in [-0.3, -0.25) is 65.2 Å². The Morgan fingerprint density at radius 3 is 1.23 bits per heavy atom. The van der Waals surface area contributed by atoms with Crippen molar-refractivity contribution in [2.45, 2.75) is 4.90 Å². The number of nitro groups is 6. The second-order valence-electron chi connectivity index (χ2n) is 5.67. The number of rotatable bonds is 7. The average Bonchev–Trinajstić information content (AvgIpc) is 2.71. The highest BCUT2D eigenvalue weighted by molar-refractivity contribution is 7.86. The zero-order valence-corrected chi connectivity index (χ0v) is 17.0. The third-order valence-corrected chi connectivity index (χ3v) is 4.54. The Kier molecular flexibility index (Phi) is 7.88. The first-order chi connectivity index (χ1) is 15.9. The number of hydrogen-bond acceptors (Lipinski definition) is 15. The van der Waals surface area contributed by atoms with E-state index < -0.39 is 84.4 Å². The topological polar surface area (TPSA) is 339 Å². The van der Waals surface area contributed by atoms with Crippen molar-refractivity contribution in [1.29, 1.82) is 0 Å². The number of nitrogen functional groups attached to an aromatic ring is 1. The van der Waals surface area contributed by atoms with E-state index in [0.29, 0.717) is 12.1 Å². The molecule has 23 heteroatoms. The smallest absolute Gasteiger partial charge is 0.393 e. The third-order valence-electron chi connectivity index (χ3n) is 3.66. The van der Waals surface area contributed by atoms with E-state index in [9.17, 15) is 69.1 Å². The van der Waals surface area contributed by atoms with Gasteiger partial charge in [-0.15, -0.1) is 0 Å². The van der Waals surface area contributed by atoms with Crippen molar-refractivity contribution in [3.05, 3.63) is 85.0 Å². The summed E-state index contributed by atoms with van der Waals surface area (Å²) in [5.41, 5.74) is -3.13. The van der Waals surface area contributed by atoms with Gasteiger partial charge in [0.2, 0.25) is 0 Å². The summed E-state index contributed by atoms with van der Waals surface area (Å²) in [6.07, 6.45) is 0. The van der Waals surface area contributed by atoms with Gasteiger partial charge < -0.3 is 5.73 Å². The molecule has 0 aliphatic rings. The molecule has 0 aromatic heterocycles. The minimum Gasteiger partial charge on any atom is -0.393 e. The molecule has 186 valence electrons. The Morgan fingerprint density at radius 2 is 0.914 bits per heavy atom. The lowest BCUT2D eigenvalue weighted by Crippen LogP contribution is -2.08. The van der Waals surface area contributed by atoms with Crippen LogP contribution >= 0.6 is 0 Å². The maximum atomic E-state index is 10.9. The van der Waals surface area contributed by atoms with Crippen molar-refractivity contribution in [1.82, 2.24) is 0 Å². The first-order valence-electron chi connectivity index (χ1n) is 7.86. The Bertz CT molecular complexity index is 1400. The van der Waals surface area contributed by atoms with Crippen molar-refractivity contribution >= 4 is 49.9 Å². The summed E-state index contributed by atoms with van der Waals surface area (Å²) in [7, 11) is -5.15. The van der Waals surface area contributed by atoms with Gasteiger partial charge in [0, 0.05) is 12.1 Å². The fourth-order valence-corrected chi connectivity index (χ4v) is 3.02. The summed E-state index contributed by atoms with van der Waals surface area (Å²) in [6, 6.07) is 2.36. The lowest BCUT2D eigenvalue weighted by molar-refractivity contribution is -0.442. The molecule has 0 heterocycles. The Balaban J connectivity index is 0.000000355. The molecule has 0 aliphatic heterocycles. The SMILES string of the molecule is Nc1ccc([N+](=O)[O-])c([N+](=O)[O-])c1[N+](=O)[O-].O=[N+]([O-])c1ccc(S(=O)(=O)O)c([N+](=O)[O-])c1[N+](=O)[O-]. The molecule has 2 aromatic carbocycles. The van der Waals surface area contributed by atoms with Crippen molar-refractivity contribution in [3.8, 4) is 0 Å². The fourth-order valence-electron chi connectivity index (χ4n) is 2.37. The van der Waals surface area contributed by atoms with Crippen LogP contribution in [0.15, 0.2) is 29.2 Å². The maximum Gasteiger partial charge on any atom is 0.424 e. The molecule has 0 saturated heterocycles. The molecule has 2 rings (SSSR count). The summed E-state index contributed by atoms with van der Waals surface area (Å²) in [6.45, 7) is 0. The van der Waals surface area contributed by atoms with Gasteiger partial charge in [0.05, 0.1) is 29.5 Å². The summed E-state index contributed by atoms with van der Waals surface area (Å²) in [4.78, 5) is 54.3. The van der Waals surface area contributed by atoms with E-state index >= 15 is 0 Å². The summed E-state index contributed by atoms with van der Waals surface area (Å²) in [5.74, 6) is 0. The molecule has 22 nitrogen and oxygen atoms in total. The van der Waals surface area contributed by atoms with Gasteiger partial charge in [-0.1, -0.05) is 0 Å². The highest BCUT2D eigenvalue weighted by Crippen LogP contribution is 2.41. The molecule has 0 bridgehead atoms. The number of anilines is 1. The predicted octanol–water partition coefficient (Wildman–Crippen LogP) is 1.65. The fraction of sp³-hybridized carbons (Fsp3) is 0. The van der Waals surface area contributed by atoms with Gasteiger partial charge in [-0.05, 0) is 12.1 Å². The first kappa shape index (κ1) is 27.6. The number of nitrogens with two attached hydrogens (primary N) is 1. The van der Waals surface area contributed by atoms with Gasteiger partial charge in [-0.2, -0.15) is 8.42 Å². The first-order valence-corrected chi connectivity index (χ1v) is 9.30. The minimum atomic E-state index is -5.15. The van der Waals surface area contributed by atoms with Crippen LogP contribution in [0.3, 0.4) is 0 Å². The molecular formula is C12H7N7O15S. The zero-order valence-electron chi connectivity index (χ0n) is 16.1. The molecule has 0 amide bonds. The predicted molar refractivity (Wildman–Crippen MR) is 107 cm³/mol. The number of hydrogen-bond donors (Lipinski definition) is 2. The third kappa shape index (κ3) is 5.87. The Morgan fingerprint density at radius 1 is 0.571 bits per heavy atom. The molecule has 0 aliphatic carbocycles. The second kappa shape index (κ2) is 10.0. The minimum absolute atomic E-state index is 0.346. The van der Waals surface area contributed by atoms with Crippen molar-refractivity contribution in [2.24, 2.45) is 0 Å². The normalized spacial score (nSPS) is 10.4. The molecule has 35 heavy (non-hydrogen) atoms. The van der Waals surface area contributed by atoms with E-state index in [1.165, 1.54) is 0 Å². The highest BCUT2D eigenvalue weighted by Gasteiger charge is 2.42. The van der Waals surface area contributed by atoms with E-state index in [1.54, 1.807) is 0 Å². The Labute approximate surface area is 188 Å². The quantitative estimate of drug-likeness (QED) is 0.226. The molecule has 0 spiro atoms. The summed E-state index contributed by atoms with van der Waals surface area (Å²) in [5, 5.41) is 63.4. The van der Waals surface area contributed by atoms with Gasteiger partial charge in [-0.25, -0.2) is 0 Å². The van der Waals surface area contributed by atoms with Crippen LogP contribution in [0.1, 0.15) is 0 Å². The second-order valence-corrected chi connectivity index (χ2v) is 7.06. The van der Waals surface area contributed by atoms with Crippen LogP contribution in [0.2, 0.25) is 0 Å². The number of benzene rings is 2. The zero-order chi connectivity index (χ0) is 27.4. The van der Waals surface area contributed by atoms with Crippen LogP contribution in [0, 0.1) is 60.7 Å². The Hall–Kier alpha value is -5.45. The van der Waals surface area contributed by atoms with Gasteiger partial charge in [0.25, 0.3) is 0 Å². The van der Waals surface area contributed by atoms with E-state index in [0.717, 1.165) is 12.1 Å². The van der Waals surface area contributed by atoms with Crippen molar-refractivity contribution < 1.29 is 42.5 Å².